The lowest BCUT2D eigenvalue weighted by molar-refractivity contribution is -0.148. The van der Waals surface area contributed by atoms with E-state index in [9.17, 15) is 32.7 Å². The van der Waals surface area contributed by atoms with E-state index in [1.54, 1.807) is 0 Å². The van der Waals surface area contributed by atoms with Gasteiger partial charge in [-0.15, -0.1) is 0 Å². The third-order valence-corrected chi connectivity index (χ3v) is 4.71. The number of carbonyl (C=O) groups excluding carboxylic acids is 1. The summed E-state index contributed by atoms with van der Waals surface area (Å²) in [7, 11) is 0. The van der Waals surface area contributed by atoms with Crippen LogP contribution in [0.1, 0.15) is 41.0 Å². The molecule has 0 atom stereocenters. The van der Waals surface area contributed by atoms with Crippen LogP contribution in [0.25, 0.3) is 5.69 Å². The van der Waals surface area contributed by atoms with Crippen LogP contribution in [0.5, 0.6) is 0 Å². The smallest absolute Gasteiger partial charge is 0.416 e. The molecular formula is C18H16F3N3O4. The van der Waals surface area contributed by atoms with Crippen LogP contribution in [0, 0.1) is 6.92 Å². The quantitative estimate of drug-likeness (QED) is 0.827. The molecule has 0 spiro atoms. The second-order valence-electron chi connectivity index (χ2n) is 6.65. The number of aliphatic carboxylic acids is 1. The number of benzene rings is 1. The largest absolute Gasteiger partial charge is 0.480 e. The van der Waals surface area contributed by atoms with E-state index in [-0.39, 0.29) is 24.2 Å². The lowest BCUT2D eigenvalue weighted by atomic mass is 9.76. The van der Waals surface area contributed by atoms with E-state index in [0.717, 1.165) is 22.9 Å². The van der Waals surface area contributed by atoms with E-state index in [2.05, 4.69) is 10.4 Å². The van der Waals surface area contributed by atoms with Crippen molar-refractivity contribution in [1.29, 1.82) is 0 Å². The number of alkyl halides is 3. The van der Waals surface area contributed by atoms with Crippen LogP contribution >= 0.6 is 0 Å². The number of carbonyl (C=O) groups is 2. The van der Waals surface area contributed by atoms with Gasteiger partial charge in [0.25, 0.3) is 5.91 Å². The number of aryl methyl sites for hydroxylation is 1. The monoisotopic (exact) mass is 395 g/mol. The summed E-state index contributed by atoms with van der Waals surface area (Å²) in [6.07, 6.45) is -3.51. The zero-order valence-corrected chi connectivity index (χ0v) is 14.7. The number of aromatic nitrogens is 2. The van der Waals surface area contributed by atoms with E-state index < -0.39 is 40.3 Å². The Morgan fingerprint density at radius 1 is 1.25 bits per heavy atom. The Hall–Kier alpha value is -3.17. The predicted octanol–water partition coefficient (Wildman–Crippen LogP) is 2.30. The molecule has 10 heteroatoms. The number of nitrogens with zero attached hydrogens (tertiary/aromatic N) is 2. The molecule has 3 rings (SSSR count). The van der Waals surface area contributed by atoms with Gasteiger partial charge in [-0.3, -0.25) is 9.59 Å². The van der Waals surface area contributed by atoms with Gasteiger partial charge in [-0.1, -0.05) is 6.07 Å². The van der Waals surface area contributed by atoms with Gasteiger partial charge in [0, 0.05) is 11.8 Å². The topological polar surface area (TPSA) is 101 Å². The fourth-order valence-electron chi connectivity index (χ4n) is 2.98. The Morgan fingerprint density at radius 3 is 2.46 bits per heavy atom. The Labute approximate surface area is 156 Å². The van der Waals surface area contributed by atoms with Crippen molar-refractivity contribution in [2.24, 2.45) is 0 Å². The van der Waals surface area contributed by atoms with Gasteiger partial charge >= 0.3 is 12.1 Å². The van der Waals surface area contributed by atoms with Crippen LogP contribution in [0.15, 0.2) is 35.1 Å². The molecule has 0 unspecified atom stereocenters. The fourth-order valence-corrected chi connectivity index (χ4v) is 2.98. The minimum atomic E-state index is -4.57. The highest BCUT2D eigenvalue weighted by Crippen LogP contribution is 2.32. The summed E-state index contributed by atoms with van der Waals surface area (Å²) in [5, 5.41) is 15.5. The van der Waals surface area contributed by atoms with Crippen molar-refractivity contribution in [3.63, 3.8) is 0 Å². The van der Waals surface area contributed by atoms with Crippen LogP contribution in [0.4, 0.5) is 13.2 Å². The zero-order chi connectivity index (χ0) is 20.7. The first-order valence-corrected chi connectivity index (χ1v) is 8.38. The lowest BCUT2D eigenvalue weighted by Gasteiger charge is -2.37. The highest BCUT2D eigenvalue weighted by atomic mass is 19.4. The summed E-state index contributed by atoms with van der Waals surface area (Å²) in [5.41, 5.74) is -3.46. The van der Waals surface area contributed by atoms with E-state index in [1.807, 2.05) is 0 Å². The predicted molar refractivity (Wildman–Crippen MR) is 91.3 cm³/mol. The van der Waals surface area contributed by atoms with Crippen molar-refractivity contribution >= 4 is 11.9 Å². The van der Waals surface area contributed by atoms with Crippen LogP contribution in [0.2, 0.25) is 0 Å². The van der Waals surface area contributed by atoms with Gasteiger partial charge in [-0.2, -0.15) is 18.3 Å². The molecule has 1 saturated carbocycles. The van der Waals surface area contributed by atoms with Gasteiger partial charge in [0.05, 0.1) is 11.3 Å². The van der Waals surface area contributed by atoms with Gasteiger partial charge < -0.3 is 10.4 Å². The molecule has 1 aromatic carbocycles. The van der Waals surface area contributed by atoms with Gasteiger partial charge in [0.15, 0.2) is 5.69 Å². The number of hydrogen-bond donors (Lipinski definition) is 2. The van der Waals surface area contributed by atoms with Crippen LogP contribution < -0.4 is 10.7 Å². The van der Waals surface area contributed by atoms with Crippen LogP contribution in [-0.4, -0.2) is 32.3 Å². The molecule has 2 N–H and O–H groups in total. The third-order valence-electron chi connectivity index (χ3n) is 4.71. The maximum Gasteiger partial charge on any atom is 0.416 e. The number of amides is 1. The van der Waals surface area contributed by atoms with Crippen molar-refractivity contribution in [3.05, 3.63) is 57.5 Å². The molecule has 7 nitrogen and oxygen atoms in total. The zero-order valence-electron chi connectivity index (χ0n) is 14.7. The second kappa shape index (κ2) is 6.77. The summed E-state index contributed by atoms with van der Waals surface area (Å²) in [6.45, 7) is 1.46. The lowest BCUT2D eigenvalue weighted by Crippen LogP contribution is -2.59. The minimum Gasteiger partial charge on any atom is -0.480 e. The third kappa shape index (κ3) is 3.49. The summed E-state index contributed by atoms with van der Waals surface area (Å²) >= 11 is 0. The summed E-state index contributed by atoms with van der Waals surface area (Å²) in [4.78, 5) is 36.1. The molecule has 0 radical (unpaired) electrons. The maximum absolute atomic E-state index is 13.0. The molecule has 1 aliphatic carbocycles. The van der Waals surface area contributed by atoms with Gasteiger partial charge in [0.1, 0.15) is 5.54 Å². The average Bonchev–Trinajstić information content (AvgIpc) is 2.57. The Bertz CT molecular complexity index is 1010. The Morgan fingerprint density at radius 2 is 1.93 bits per heavy atom. The van der Waals surface area contributed by atoms with Crippen LogP contribution in [0.3, 0.4) is 0 Å². The van der Waals surface area contributed by atoms with Crippen molar-refractivity contribution in [3.8, 4) is 5.69 Å². The molecule has 0 bridgehead atoms. The fraction of sp³-hybridized carbons (Fsp3) is 0.333. The van der Waals surface area contributed by atoms with E-state index in [0.29, 0.717) is 6.42 Å². The minimum absolute atomic E-state index is 0.0120. The molecule has 0 aliphatic heterocycles. The number of carboxylic acids is 1. The van der Waals surface area contributed by atoms with Crippen molar-refractivity contribution in [1.82, 2.24) is 15.1 Å². The highest BCUT2D eigenvalue weighted by molar-refractivity contribution is 5.96. The molecule has 2 aromatic rings. The molecule has 1 fully saturated rings. The normalized spacial score (nSPS) is 15.6. The SMILES string of the molecule is Cc1cc(=O)c(C(=O)NC2(C(=O)O)CCC2)nn1-c1cccc(C(F)(F)F)c1. The van der Waals surface area contributed by atoms with Crippen molar-refractivity contribution < 1.29 is 27.9 Å². The molecule has 148 valence electrons. The van der Waals surface area contributed by atoms with Gasteiger partial charge in [-0.05, 0) is 44.4 Å². The molecule has 28 heavy (non-hydrogen) atoms. The first-order valence-electron chi connectivity index (χ1n) is 8.38. The molecule has 1 aliphatic rings. The molecule has 1 amide bonds. The second-order valence-corrected chi connectivity index (χ2v) is 6.65. The number of carboxylic acid groups (broad SMARTS) is 1. The number of nitrogens with one attached hydrogen (secondary N) is 1. The number of rotatable bonds is 4. The molecule has 1 aromatic heterocycles. The van der Waals surface area contributed by atoms with Gasteiger partial charge in [0.2, 0.25) is 5.43 Å². The Kier molecular flexibility index (Phi) is 4.74. The van der Waals surface area contributed by atoms with E-state index in [4.69, 9.17) is 0 Å². The number of hydrogen-bond acceptors (Lipinski definition) is 4. The van der Waals surface area contributed by atoms with Gasteiger partial charge in [-0.25, -0.2) is 9.48 Å². The summed E-state index contributed by atoms with van der Waals surface area (Å²) in [5.74, 6) is -2.19. The molecular weight excluding hydrogens is 379 g/mol. The summed E-state index contributed by atoms with van der Waals surface area (Å²) in [6, 6.07) is 5.34. The first kappa shape index (κ1) is 19.6. The Balaban J connectivity index is 2.01. The van der Waals surface area contributed by atoms with Crippen molar-refractivity contribution in [2.45, 2.75) is 37.9 Å². The molecule has 0 saturated heterocycles. The molecule has 1 heterocycles. The highest BCUT2D eigenvalue weighted by Gasteiger charge is 2.46. The van der Waals surface area contributed by atoms with Crippen LogP contribution in [-0.2, 0) is 11.0 Å². The van der Waals surface area contributed by atoms with Crippen molar-refractivity contribution in [2.75, 3.05) is 0 Å². The van der Waals surface area contributed by atoms with E-state index in [1.165, 1.54) is 19.1 Å². The standard InChI is InChI=1S/C18H16F3N3O4/c1-10-8-13(25)14(15(26)22-17(16(27)28)6-3-7-17)23-24(10)12-5-2-4-11(9-12)18(19,20)21/h2,4-5,8-9H,3,6-7H2,1H3,(H,22,26)(H,27,28). The summed E-state index contributed by atoms with van der Waals surface area (Å²) < 4.78 is 39.9. The average molecular weight is 395 g/mol. The number of halogens is 3. The van der Waals surface area contributed by atoms with E-state index >= 15 is 0 Å². The maximum atomic E-state index is 13.0. The first-order chi connectivity index (χ1) is 13.0.